The molecule has 0 radical (unpaired) electrons. The van der Waals surface area contributed by atoms with E-state index in [4.69, 9.17) is 4.74 Å². The summed E-state index contributed by atoms with van der Waals surface area (Å²) in [6, 6.07) is 4.72. The van der Waals surface area contributed by atoms with Crippen LogP contribution in [-0.4, -0.2) is 7.11 Å². The van der Waals surface area contributed by atoms with Gasteiger partial charge in [-0.25, -0.2) is 4.39 Å². The predicted octanol–water partition coefficient (Wildman–Crippen LogP) is 2.48. The first-order valence-electron chi connectivity index (χ1n) is 3.24. The number of hydrogen-bond donors (Lipinski definition) is 0. The molecule has 1 aromatic carbocycles. The van der Waals surface area contributed by atoms with Gasteiger partial charge in [-0.1, -0.05) is 24.8 Å². The molecule has 58 valence electrons. The molecule has 0 saturated heterocycles. The number of rotatable bonds is 2. The highest BCUT2D eigenvalue weighted by atomic mass is 19.1. The molecule has 0 fully saturated rings. The van der Waals surface area contributed by atoms with E-state index in [1.165, 1.54) is 13.2 Å². The lowest BCUT2D eigenvalue weighted by molar-refractivity contribution is 0.385. The summed E-state index contributed by atoms with van der Waals surface area (Å²) in [5, 5.41) is 0. The van der Waals surface area contributed by atoms with Gasteiger partial charge >= 0.3 is 0 Å². The lowest BCUT2D eigenvalue weighted by atomic mass is 10.2. The van der Waals surface area contributed by atoms with Crippen molar-refractivity contribution in [3.63, 3.8) is 0 Å². The van der Waals surface area contributed by atoms with Crippen LogP contribution in [0.3, 0.4) is 0 Å². The monoisotopic (exact) mass is 152 g/mol. The minimum absolute atomic E-state index is 0.252. The van der Waals surface area contributed by atoms with Crippen LogP contribution in [-0.2, 0) is 0 Å². The highest BCUT2D eigenvalue weighted by molar-refractivity contribution is 5.55. The quantitative estimate of drug-likeness (QED) is 0.632. The standard InChI is InChI=1S/C9H9FO/c1-3-7-5-4-6-8(10)9(7)11-2/h3-6H,1H2,2H3. The highest BCUT2D eigenvalue weighted by Crippen LogP contribution is 2.22. The zero-order valence-electron chi connectivity index (χ0n) is 6.30. The van der Waals surface area contributed by atoms with Crippen molar-refractivity contribution in [2.45, 2.75) is 0 Å². The van der Waals surface area contributed by atoms with Crippen molar-refractivity contribution in [2.24, 2.45) is 0 Å². The second-order valence-electron chi connectivity index (χ2n) is 2.07. The van der Waals surface area contributed by atoms with Gasteiger partial charge in [0, 0.05) is 5.56 Å². The number of halogens is 1. The van der Waals surface area contributed by atoms with Crippen LogP contribution in [0.15, 0.2) is 24.8 Å². The molecule has 0 heterocycles. The molecule has 0 amide bonds. The maximum Gasteiger partial charge on any atom is 0.165 e. The largest absolute Gasteiger partial charge is 0.493 e. The fraction of sp³-hybridized carbons (Fsp3) is 0.111. The Morgan fingerprint density at radius 1 is 1.55 bits per heavy atom. The third-order valence-electron chi connectivity index (χ3n) is 1.42. The van der Waals surface area contributed by atoms with Gasteiger partial charge in [0.15, 0.2) is 11.6 Å². The van der Waals surface area contributed by atoms with E-state index in [1.54, 1.807) is 18.2 Å². The van der Waals surface area contributed by atoms with Gasteiger partial charge in [0.25, 0.3) is 0 Å². The van der Waals surface area contributed by atoms with Crippen LogP contribution in [0.1, 0.15) is 5.56 Å². The smallest absolute Gasteiger partial charge is 0.165 e. The maximum atomic E-state index is 12.9. The third-order valence-corrected chi connectivity index (χ3v) is 1.42. The number of hydrogen-bond acceptors (Lipinski definition) is 1. The van der Waals surface area contributed by atoms with E-state index in [2.05, 4.69) is 6.58 Å². The lowest BCUT2D eigenvalue weighted by Crippen LogP contribution is -1.90. The van der Waals surface area contributed by atoms with Crippen LogP contribution in [0.5, 0.6) is 5.75 Å². The molecule has 0 aliphatic rings. The molecule has 1 rings (SSSR count). The zero-order chi connectivity index (χ0) is 8.27. The summed E-state index contributed by atoms with van der Waals surface area (Å²) < 4.78 is 17.7. The minimum atomic E-state index is -0.357. The van der Waals surface area contributed by atoms with E-state index in [1.807, 2.05) is 0 Å². The number of ether oxygens (including phenoxy) is 1. The Morgan fingerprint density at radius 3 is 2.73 bits per heavy atom. The van der Waals surface area contributed by atoms with Crippen molar-refractivity contribution in [3.05, 3.63) is 36.2 Å². The van der Waals surface area contributed by atoms with Gasteiger partial charge in [0.05, 0.1) is 7.11 Å². The van der Waals surface area contributed by atoms with E-state index in [9.17, 15) is 4.39 Å². The van der Waals surface area contributed by atoms with Crippen molar-refractivity contribution < 1.29 is 9.13 Å². The molecule has 0 spiro atoms. The summed E-state index contributed by atoms with van der Waals surface area (Å²) in [5.74, 6) is -0.104. The molecule has 0 aliphatic heterocycles. The van der Waals surface area contributed by atoms with Crippen LogP contribution in [0.2, 0.25) is 0 Å². The number of methoxy groups -OCH3 is 1. The van der Waals surface area contributed by atoms with Gasteiger partial charge in [0.1, 0.15) is 0 Å². The van der Waals surface area contributed by atoms with Crippen LogP contribution < -0.4 is 4.74 Å². The van der Waals surface area contributed by atoms with Crippen LogP contribution >= 0.6 is 0 Å². The van der Waals surface area contributed by atoms with Gasteiger partial charge in [-0.2, -0.15) is 0 Å². The van der Waals surface area contributed by atoms with E-state index in [-0.39, 0.29) is 11.6 Å². The minimum Gasteiger partial charge on any atom is -0.493 e. The van der Waals surface area contributed by atoms with Crippen LogP contribution in [0, 0.1) is 5.82 Å². The zero-order valence-corrected chi connectivity index (χ0v) is 6.30. The Hall–Kier alpha value is -1.31. The van der Waals surface area contributed by atoms with Gasteiger partial charge < -0.3 is 4.74 Å². The van der Waals surface area contributed by atoms with Crippen LogP contribution in [0.4, 0.5) is 4.39 Å². The van der Waals surface area contributed by atoms with Crippen molar-refractivity contribution >= 4 is 6.08 Å². The molecule has 11 heavy (non-hydrogen) atoms. The molecule has 0 aromatic heterocycles. The van der Waals surface area contributed by atoms with E-state index >= 15 is 0 Å². The van der Waals surface area contributed by atoms with Gasteiger partial charge in [-0.15, -0.1) is 0 Å². The lowest BCUT2D eigenvalue weighted by Gasteiger charge is -2.04. The SMILES string of the molecule is C=Cc1cccc(F)c1OC. The summed E-state index contributed by atoms with van der Waals surface area (Å²) in [5.41, 5.74) is 0.674. The fourth-order valence-electron chi connectivity index (χ4n) is 0.902. The molecular formula is C9H9FO. The normalized spacial score (nSPS) is 9.27. The molecule has 1 nitrogen and oxygen atoms in total. The number of benzene rings is 1. The highest BCUT2D eigenvalue weighted by Gasteiger charge is 2.03. The van der Waals surface area contributed by atoms with Crippen molar-refractivity contribution in [1.29, 1.82) is 0 Å². The molecule has 0 bridgehead atoms. The topological polar surface area (TPSA) is 9.23 Å². The Kier molecular flexibility index (Phi) is 2.26. The third kappa shape index (κ3) is 1.40. The maximum absolute atomic E-state index is 12.9. The van der Waals surface area contributed by atoms with E-state index in [0.717, 1.165) is 0 Å². The molecule has 0 saturated carbocycles. The van der Waals surface area contributed by atoms with Gasteiger partial charge in [0.2, 0.25) is 0 Å². The first-order chi connectivity index (χ1) is 5.29. The van der Waals surface area contributed by atoms with Crippen molar-refractivity contribution in [2.75, 3.05) is 7.11 Å². The second kappa shape index (κ2) is 3.19. The summed E-state index contributed by atoms with van der Waals surface area (Å²) in [7, 11) is 1.44. The van der Waals surface area contributed by atoms with Crippen molar-refractivity contribution in [3.8, 4) is 5.75 Å². The number of para-hydroxylation sites is 1. The molecular weight excluding hydrogens is 143 g/mol. The first kappa shape index (κ1) is 7.79. The Balaban J connectivity index is 3.23. The van der Waals surface area contributed by atoms with Crippen LogP contribution in [0.25, 0.3) is 6.08 Å². The first-order valence-corrected chi connectivity index (χ1v) is 3.24. The van der Waals surface area contributed by atoms with Crippen molar-refractivity contribution in [1.82, 2.24) is 0 Å². The summed E-state index contributed by atoms with van der Waals surface area (Å²) in [4.78, 5) is 0. The molecule has 1 aromatic rings. The molecule has 0 aliphatic carbocycles. The molecule has 0 atom stereocenters. The summed E-state index contributed by atoms with van der Waals surface area (Å²) in [6.45, 7) is 3.53. The second-order valence-corrected chi connectivity index (χ2v) is 2.07. The molecule has 0 N–H and O–H groups in total. The van der Waals surface area contributed by atoms with Gasteiger partial charge in [-0.3, -0.25) is 0 Å². The van der Waals surface area contributed by atoms with E-state index in [0.29, 0.717) is 5.56 Å². The Labute approximate surface area is 65.1 Å². The molecule has 2 heteroatoms. The average Bonchev–Trinajstić information content (AvgIpc) is 2.04. The van der Waals surface area contributed by atoms with Gasteiger partial charge in [-0.05, 0) is 6.07 Å². The average molecular weight is 152 g/mol. The Morgan fingerprint density at radius 2 is 2.27 bits per heavy atom. The fourth-order valence-corrected chi connectivity index (χ4v) is 0.902. The summed E-state index contributed by atoms with van der Waals surface area (Å²) in [6.07, 6.45) is 1.56. The molecule has 0 unspecified atom stereocenters. The Bertz CT molecular complexity index is 268. The van der Waals surface area contributed by atoms with E-state index < -0.39 is 0 Å². The predicted molar refractivity (Wildman–Crippen MR) is 43.0 cm³/mol. The summed E-state index contributed by atoms with van der Waals surface area (Å²) >= 11 is 0.